The SMILES string of the molecule is CC1SC(=O)N(CCN)N=C1c1ccc2c(c1)nc(-c1cccc(F)c1)n2C.CC1SC(=O)N(CCNC(=O)OC(C)(C)C)N=C1c1ccc2c(c1)nc(-c1cccc(F)c1)n2C. The van der Waals surface area contributed by atoms with Gasteiger partial charge in [-0.15, -0.1) is 0 Å². The summed E-state index contributed by atoms with van der Waals surface area (Å²) in [5.74, 6) is 0.746. The first-order chi connectivity index (χ1) is 30.0. The van der Waals surface area contributed by atoms with Gasteiger partial charge in [-0.2, -0.15) is 10.2 Å². The van der Waals surface area contributed by atoms with Crippen molar-refractivity contribution in [1.82, 2.24) is 34.4 Å². The molecule has 2 aliphatic rings. The van der Waals surface area contributed by atoms with Crippen molar-refractivity contribution in [2.75, 3.05) is 26.2 Å². The Hall–Kier alpha value is -6.11. The topological polar surface area (TPSA) is 165 Å². The number of hydrazone groups is 2. The molecule has 8 rings (SSSR count). The Morgan fingerprint density at radius 1 is 0.714 bits per heavy atom. The number of imidazole rings is 2. The van der Waals surface area contributed by atoms with Gasteiger partial charge in [-0.3, -0.25) is 9.59 Å². The molecule has 0 fully saturated rings. The van der Waals surface area contributed by atoms with Gasteiger partial charge in [0.05, 0.1) is 57.1 Å². The summed E-state index contributed by atoms with van der Waals surface area (Å²) in [6.07, 6.45) is -0.540. The minimum absolute atomic E-state index is 0.0645. The van der Waals surface area contributed by atoms with E-state index in [0.717, 1.165) is 50.2 Å². The molecule has 2 atom stereocenters. The Balaban J connectivity index is 0.000000193. The summed E-state index contributed by atoms with van der Waals surface area (Å²) in [5, 5.41) is 14.1. The molecule has 3 N–H and O–H groups in total. The van der Waals surface area contributed by atoms with E-state index < -0.39 is 11.7 Å². The molecule has 328 valence electrons. The van der Waals surface area contributed by atoms with Gasteiger partial charge in [0.2, 0.25) is 0 Å². The second-order valence-corrected chi connectivity index (χ2v) is 18.5. The normalized spacial score (nSPS) is 16.8. The predicted octanol–water partition coefficient (Wildman–Crippen LogP) is 8.77. The number of aromatic nitrogens is 4. The number of ether oxygens (including phenoxy) is 1. The van der Waals surface area contributed by atoms with Gasteiger partial charge >= 0.3 is 16.6 Å². The molecular weight excluding hydrogens is 847 g/mol. The minimum atomic E-state index is -0.597. The fourth-order valence-electron chi connectivity index (χ4n) is 7.10. The van der Waals surface area contributed by atoms with Crippen molar-refractivity contribution in [2.24, 2.45) is 30.0 Å². The monoisotopic (exact) mass is 894 g/mol. The highest BCUT2D eigenvalue weighted by molar-refractivity contribution is 8.15. The maximum Gasteiger partial charge on any atom is 0.407 e. The van der Waals surface area contributed by atoms with E-state index in [0.29, 0.717) is 30.3 Å². The zero-order chi connectivity index (χ0) is 45.2. The summed E-state index contributed by atoms with van der Waals surface area (Å²) in [6.45, 7) is 10.4. The predicted molar refractivity (Wildman–Crippen MR) is 247 cm³/mol. The van der Waals surface area contributed by atoms with Crippen LogP contribution in [0.1, 0.15) is 45.7 Å². The van der Waals surface area contributed by atoms with Gasteiger partial charge in [0.1, 0.15) is 28.9 Å². The smallest absolute Gasteiger partial charge is 0.407 e. The van der Waals surface area contributed by atoms with E-state index in [9.17, 15) is 23.2 Å². The number of thioether (sulfide) groups is 2. The highest BCUT2D eigenvalue weighted by atomic mass is 32.2. The molecule has 63 heavy (non-hydrogen) atoms. The number of alkyl carbamates (subject to hydrolysis) is 1. The van der Waals surface area contributed by atoms with E-state index in [1.807, 2.05) is 85.6 Å². The van der Waals surface area contributed by atoms with Gasteiger partial charge < -0.3 is 24.9 Å². The molecule has 2 aromatic heterocycles. The zero-order valence-corrected chi connectivity index (χ0v) is 37.6. The first-order valence-electron chi connectivity index (χ1n) is 20.3. The van der Waals surface area contributed by atoms with Crippen LogP contribution in [0.4, 0.5) is 23.2 Å². The van der Waals surface area contributed by atoms with Crippen molar-refractivity contribution >= 4 is 73.6 Å². The molecule has 2 unspecified atom stereocenters. The third-order valence-corrected chi connectivity index (χ3v) is 12.0. The number of nitrogens with one attached hydrogen (secondary N) is 1. The molecule has 4 aromatic carbocycles. The molecule has 2 aliphatic heterocycles. The summed E-state index contributed by atoms with van der Waals surface area (Å²) in [7, 11) is 3.80. The number of halogens is 2. The average Bonchev–Trinajstić information content (AvgIpc) is 3.74. The molecule has 14 nitrogen and oxygen atoms in total. The van der Waals surface area contributed by atoms with Crippen LogP contribution in [0.15, 0.2) is 95.1 Å². The maximum atomic E-state index is 13.7. The number of hydrogen-bond acceptors (Lipinski definition) is 11. The second kappa shape index (κ2) is 18.7. The Labute approximate surface area is 371 Å². The summed E-state index contributed by atoms with van der Waals surface area (Å²) < 4.78 is 36.5. The first-order valence-corrected chi connectivity index (χ1v) is 22.0. The summed E-state index contributed by atoms with van der Waals surface area (Å²) in [6, 6.07) is 24.5. The van der Waals surface area contributed by atoms with Crippen LogP contribution in [-0.4, -0.2) is 99.4 Å². The molecule has 0 saturated heterocycles. The Morgan fingerprint density at radius 3 is 1.60 bits per heavy atom. The molecular formula is C45H48F2N10O4S2. The fraction of sp³-hybridized carbons (Fsp3) is 0.311. The van der Waals surface area contributed by atoms with Crippen LogP contribution in [0.3, 0.4) is 0 Å². The highest BCUT2D eigenvalue weighted by Gasteiger charge is 2.30. The van der Waals surface area contributed by atoms with Crippen molar-refractivity contribution in [3.05, 3.63) is 108 Å². The van der Waals surface area contributed by atoms with Gasteiger partial charge in [0.15, 0.2) is 0 Å². The third kappa shape index (κ3) is 10.2. The second-order valence-electron chi connectivity index (χ2n) is 15.9. The number of rotatable bonds is 9. The van der Waals surface area contributed by atoms with E-state index in [-0.39, 0.29) is 45.7 Å². The number of fused-ring (bicyclic) bond motifs is 2. The lowest BCUT2D eigenvalue weighted by molar-refractivity contribution is 0.0524. The van der Waals surface area contributed by atoms with E-state index >= 15 is 0 Å². The fourth-order valence-corrected chi connectivity index (χ4v) is 8.80. The zero-order valence-electron chi connectivity index (χ0n) is 35.9. The maximum absolute atomic E-state index is 13.7. The number of amides is 3. The molecule has 0 aliphatic carbocycles. The van der Waals surface area contributed by atoms with E-state index in [1.165, 1.54) is 57.8 Å². The lowest BCUT2D eigenvalue weighted by Crippen LogP contribution is -2.40. The molecule has 0 radical (unpaired) electrons. The van der Waals surface area contributed by atoms with Gasteiger partial charge in [0.25, 0.3) is 0 Å². The van der Waals surface area contributed by atoms with Crippen LogP contribution in [0.5, 0.6) is 0 Å². The lowest BCUT2D eigenvalue weighted by atomic mass is 10.1. The minimum Gasteiger partial charge on any atom is -0.444 e. The summed E-state index contributed by atoms with van der Waals surface area (Å²) in [5.41, 5.74) is 13.1. The van der Waals surface area contributed by atoms with E-state index in [4.69, 9.17) is 20.4 Å². The Bertz CT molecular complexity index is 2780. The van der Waals surface area contributed by atoms with Gasteiger partial charge in [-0.25, -0.2) is 33.6 Å². The average molecular weight is 895 g/mol. The number of benzene rings is 4. The van der Waals surface area contributed by atoms with Crippen molar-refractivity contribution in [3.63, 3.8) is 0 Å². The van der Waals surface area contributed by atoms with Gasteiger partial charge in [-0.05, 0) is 83.1 Å². The van der Waals surface area contributed by atoms with Crippen LogP contribution in [0.25, 0.3) is 44.8 Å². The molecule has 0 spiro atoms. The van der Waals surface area contributed by atoms with Crippen molar-refractivity contribution in [3.8, 4) is 22.8 Å². The first kappa shape index (κ1) is 44.9. The van der Waals surface area contributed by atoms with Gasteiger partial charge in [0, 0.05) is 49.4 Å². The highest BCUT2D eigenvalue weighted by Crippen LogP contribution is 2.31. The number of nitrogens with zero attached hydrogens (tertiary/aromatic N) is 8. The standard InChI is InChI=1S/C25H28FN5O3S.C20H20FN5OS/c1-15-21(29-31(24(33)35-15)12-11-27-23(32)34-25(2,3)4)16-9-10-20-19(14-16)28-22(30(20)5)17-7-6-8-18(26)13-17;1-12-18(24-26(9-8-22)20(27)28-12)13-6-7-17-16(11-13)23-19(25(17)2)14-4-3-5-15(21)10-14/h6-10,13-15H,11-12H2,1-5H3,(H,27,32);3-7,10-12H,8-9,22H2,1-2H3. The van der Waals surface area contributed by atoms with Crippen LogP contribution >= 0.6 is 23.5 Å². The molecule has 0 bridgehead atoms. The Morgan fingerprint density at radius 2 is 1.17 bits per heavy atom. The molecule has 3 amide bonds. The lowest BCUT2D eigenvalue weighted by Gasteiger charge is -2.27. The molecule has 4 heterocycles. The van der Waals surface area contributed by atoms with Crippen molar-refractivity contribution < 1.29 is 27.9 Å². The molecule has 0 saturated carbocycles. The van der Waals surface area contributed by atoms with Crippen LogP contribution < -0.4 is 11.1 Å². The number of carbonyl (C=O) groups excluding carboxylic acids is 3. The summed E-state index contributed by atoms with van der Waals surface area (Å²) in [4.78, 5) is 45.9. The number of hydrogen-bond donors (Lipinski definition) is 2. The quantitative estimate of drug-likeness (QED) is 0.144. The van der Waals surface area contributed by atoms with Crippen molar-refractivity contribution in [2.45, 2.75) is 50.7 Å². The van der Waals surface area contributed by atoms with Gasteiger partial charge in [-0.1, -0.05) is 59.9 Å². The third-order valence-electron chi connectivity index (χ3n) is 10.1. The largest absolute Gasteiger partial charge is 0.444 e. The van der Waals surface area contributed by atoms with E-state index in [2.05, 4.69) is 15.5 Å². The number of carbonyl (C=O) groups is 3. The molecule has 18 heteroatoms. The van der Waals surface area contributed by atoms with E-state index in [1.54, 1.807) is 32.9 Å². The number of nitrogens with two attached hydrogens (primary N) is 1. The summed E-state index contributed by atoms with van der Waals surface area (Å²) >= 11 is 2.42. The molecule has 6 aromatic rings. The Kier molecular flexibility index (Phi) is 13.3. The van der Waals surface area contributed by atoms with Crippen LogP contribution in [0, 0.1) is 11.6 Å². The number of aryl methyl sites for hydroxylation is 2. The van der Waals surface area contributed by atoms with Crippen LogP contribution in [0.2, 0.25) is 0 Å². The van der Waals surface area contributed by atoms with Crippen LogP contribution in [-0.2, 0) is 18.8 Å². The van der Waals surface area contributed by atoms with Crippen molar-refractivity contribution in [1.29, 1.82) is 0 Å².